The van der Waals surface area contributed by atoms with Crippen LogP contribution in [0.3, 0.4) is 0 Å². The number of aliphatic hydroxyl groups excluding tert-OH is 1. The van der Waals surface area contributed by atoms with Crippen LogP contribution in [-0.2, 0) is 6.42 Å². The van der Waals surface area contributed by atoms with Crippen molar-refractivity contribution in [2.45, 2.75) is 26.6 Å². The van der Waals surface area contributed by atoms with Gasteiger partial charge in [-0.05, 0) is 48.7 Å². The van der Waals surface area contributed by atoms with Gasteiger partial charge in [0.05, 0.1) is 0 Å². The first-order valence-electron chi connectivity index (χ1n) is 7.43. The molecule has 0 saturated heterocycles. The second kappa shape index (κ2) is 7.66. The van der Waals surface area contributed by atoms with E-state index in [9.17, 15) is 10.2 Å². The van der Waals surface area contributed by atoms with Gasteiger partial charge in [-0.2, -0.15) is 0 Å². The number of phenols is 1. The van der Waals surface area contributed by atoms with Crippen molar-refractivity contribution in [2.75, 3.05) is 0 Å². The number of rotatable bonds is 6. The summed E-state index contributed by atoms with van der Waals surface area (Å²) in [6.45, 7) is 3.82. The third kappa shape index (κ3) is 4.64. The molecular weight excluding hydrogens is 276 g/mol. The molecule has 0 aromatic heterocycles. The fraction of sp³-hybridized carbons (Fsp3) is 0.263. The highest BCUT2D eigenvalue weighted by Crippen LogP contribution is 2.19. The van der Waals surface area contributed by atoms with Gasteiger partial charge in [0, 0.05) is 5.92 Å². The van der Waals surface area contributed by atoms with E-state index < -0.39 is 6.29 Å². The maximum absolute atomic E-state index is 9.94. The molecule has 0 fully saturated rings. The van der Waals surface area contributed by atoms with E-state index >= 15 is 0 Å². The van der Waals surface area contributed by atoms with E-state index in [1.165, 1.54) is 0 Å². The predicted molar refractivity (Wildman–Crippen MR) is 88.0 cm³/mol. The summed E-state index contributed by atoms with van der Waals surface area (Å²) < 4.78 is 5.52. The molecule has 0 radical (unpaired) electrons. The minimum Gasteiger partial charge on any atom is -0.508 e. The zero-order valence-corrected chi connectivity index (χ0v) is 12.9. The van der Waals surface area contributed by atoms with Gasteiger partial charge in [-0.1, -0.05) is 43.3 Å². The number of hydrogen-bond acceptors (Lipinski definition) is 3. The van der Waals surface area contributed by atoms with Crippen molar-refractivity contribution in [1.29, 1.82) is 0 Å². The van der Waals surface area contributed by atoms with Crippen LogP contribution in [0.5, 0.6) is 11.5 Å². The molecule has 0 saturated carbocycles. The van der Waals surface area contributed by atoms with E-state index in [2.05, 4.69) is 0 Å². The average molecular weight is 298 g/mol. The van der Waals surface area contributed by atoms with E-state index in [1.54, 1.807) is 12.1 Å². The molecule has 2 rings (SSSR count). The van der Waals surface area contributed by atoms with Crippen molar-refractivity contribution in [3.05, 3.63) is 71.8 Å². The topological polar surface area (TPSA) is 49.7 Å². The van der Waals surface area contributed by atoms with Crippen LogP contribution in [0.25, 0.3) is 0 Å². The summed E-state index contributed by atoms with van der Waals surface area (Å²) in [4.78, 5) is 0. The Morgan fingerprint density at radius 1 is 1.00 bits per heavy atom. The fourth-order valence-corrected chi connectivity index (χ4v) is 2.18. The molecule has 0 bridgehead atoms. The zero-order valence-electron chi connectivity index (χ0n) is 12.9. The van der Waals surface area contributed by atoms with Crippen LogP contribution in [-0.4, -0.2) is 16.5 Å². The van der Waals surface area contributed by atoms with Gasteiger partial charge in [0.2, 0.25) is 6.29 Å². The quantitative estimate of drug-likeness (QED) is 0.628. The monoisotopic (exact) mass is 298 g/mol. The van der Waals surface area contributed by atoms with Crippen LogP contribution in [0.1, 0.15) is 25.0 Å². The molecule has 0 amide bonds. The average Bonchev–Trinajstić information content (AvgIpc) is 2.51. The second-order valence-electron chi connectivity index (χ2n) is 5.38. The number of aliphatic hydroxyl groups is 1. The summed E-state index contributed by atoms with van der Waals surface area (Å²) >= 11 is 0. The molecule has 22 heavy (non-hydrogen) atoms. The molecule has 2 atom stereocenters. The normalized spacial score (nSPS) is 14.0. The van der Waals surface area contributed by atoms with Gasteiger partial charge in [0.15, 0.2) is 0 Å². The van der Waals surface area contributed by atoms with Crippen LogP contribution in [0, 0.1) is 5.92 Å². The van der Waals surface area contributed by atoms with Crippen LogP contribution in [0.4, 0.5) is 0 Å². The minimum absolute atomic E-state index is 0.0540. The van der Waals surface area contributed by atoms with Crippen molar-refractivity contribution >= 4 is 0 Å². The van der Waals surface area contributed by atoms with E-state index in [1.807, 2.05) is 62.4 Å². The van der Waals surface area contributed by atoms with E-state index in [4.69, 9.17) is 4.74 Å². The predicted octanol–water partition coefficient (Wildman–Crippen LogP) is 3.89. The molecule has 3 nitrogen and oxygen atoms in total. The SMILES string of the molecule is CC=CC(C)C(O)Oc1ccc(Cc2ccc(O)cc2)cc1. The first-order valence-corrected chi connectivity index (χ1v) is 7.43. The third-order valence-corrected chi connectivity index (χ3v) is 3.47. The van der Waals surface area contributed by atoms with Crippen molar-refractivity contribution in [2.24, 2.45) is 5.92 Å². The lowest BCUT2D eigenvalue weighted by atomic mass is 10.0. The van der Waals surface area contributed by atoms with Gasteiger partial charge in [0.1, 0.15) is 11.5 Å². The first kappa shape index (κ1) is 16.1. The molecule has 0 heterocycles. The van der Waals surface area contributed by atoms with Gasteiger partial charge >= 0.3 is 0 Å². The summed E-state index contributed by atoms with van der Waals surface area (Å²) in [5.41, 5.74) is 2.28. The number of ether oxygens (including phenoxy) is 1. The number of benzene rings is 2. The number of phenolic OH excluding ortho intramolecular Hbond substituents is 1. The lowest BCUT2D eigenvalue weighted by molar-refractivity contribution is -0.0433. The van der Waals surface area contributed by atoms with Crippen molar-refractivity contribution < 1.29 is 14.9 Å². The zero-order chi connectivity index (χ0) is 15.9. The summed E-state index contributed by atoms with van der Waals surface area (Å²) in [5, 5.41) is 19.2. The molecule has 2 aromatic carbocycles. The Morgan fingerprint density at radius 3 is 2.09 bits per heavy atom. The summed E-state index contributed by atoms with van der Waals surface area (Å²) in [5.74, 6) is 0.872. The smallest absolute Gasteiger partial charge is 0.203 e. The van der Waals surface area contributed by atoms with Crippen molar-refractivity contribution in [1.82, 2.24) is 0 Å². The summed E-state index contributed by atoms with van der Waals surface area (Å²) in [7, 11) is 0. The molecular formula is C19H22O3. The Labute approximate surface area is 131 Å². The maximum Gasteiger partial charge on any atom is 0.203 e. The van der Waals surface area contributed by atoms with Gasteiger partial charge < -0.3 is 14.9 Å². The summed E-state index contributed by atoms with van der Waals surface area (Å²) in [6.07, 6.45) is 3.75. The molecule has 3 heteroatoms. The standard InChI is InChI=1S/C19H22O3/c1-3-4-14(2)19(21)22-18-11-7-16(8-12-18)13-15-5-9-17(20)10-6-15/h3-12,14,19-21H,13H2,1-2H3. The summed E-state index contributed by atoms with van der Waals surface area (Å²) in [6, 6.07) is 14.9. The molecule has 116 valence electrons. The van der Waals surface area contributed by atoms with E-state index in [0.29, 0.717) is 5.75 Å². The van der Waals surface area contributed by atoms with Gasteiger partial charge in [0.25, 0.3) is 0 Å². The molecule has 0 aliphatic rings. The number of allylic oxidation sites excluding steroid dienone is 1. The Kier molecular flexibility index (Phi) is 5.61. The molecule has 2 unspecified atom stereocenters. The first-order chi connectivity index (χ1) is 10.6. The molecule has 0 aliphatic heterocycles. The van der Waals surface area contributed by atoms with E-state index in [-0.39, 0.29) is 11.7 Å². The van der Waals surface area contributed by atoms with Gasteiger partial charge in [-0.15, -0.1) is 0 Å². The number of aromatic hydroxyl groups is 1. The van der Waals surface area contributed by atoms with Crippen LogP contribution in [0.2, 0.25) is 0 Å². The van der Waals surface area contributed by atoms with E-state index in [0.717, 1.165) is 17.5 Å². The molecule has 2 aromatic rings. The molecule has 0 spiro atoms. The van der Waals surface area contributed by atoms with Crippen LogP contribution < -0.4 is 4.74 Å². The minimum atomic E-state index is -0.848. The van der Waals surface area contributed by atoms with Gasteiger partial charge in [-0.3, -0.25) is 0 Å². The van der Waals surface area contributed by atoms with Crippen LogP contribution >= 0.6 is 0 Å². The lowest BCUT2D eigenvalue weighted by Crippen LogP contribution is -2.22. The molecule has 2 N–H and O–H groups in total. The largest absolute Gasteiger partial charge is 0.508 e. The Hall–Kier alpha value is -2.26. The fourth-order valence-electron chi connectivity index (χ4n) is 2.18. The second-order valence-corrected chi connectivity index (χ2v) is 5.38. The maximum atomic E-state index is 9.94. The lowest BCUT2D eigenvalue weighted by Gasteiger charge is -2.17. The third-order valence-electron chi connectivity index (χ3n) is 3.47. The highest BCUT2D eigenvalue weighted by molar-refractivity contribution is 5.33. The number of hydrogen-bond donors (Lipinski definition) is 2. The highest BCUT2D eigenvalue weighted by Gasteiger charge is 2.12. The van der Waals surface area contributed by atoms with Crippen molar-refractivity contribution in [3.63, 3.8) is 0 Å². The Morgan fingerprint density at radius 2 is 1.55 bits per heavy atom. The van der Waals surface area contributed by atoms with Crippen LogP contribution in [0.15, 0.2) is 60.7 Å². The Balaban J connectivity index is 1.96. The highest BCUT2D eigenvalue weighted by atomic mass is 16.6. The van der Waals surface area contributed by atoms with Crippen molar-refractivity contribution in [3.8, 4) is 11.5 Å². The van der Waals surface area contributed by atoms with Gasteiger partial charge in [-0.25, -0.2) is 0 Å². The molecule has 0 aliphatic carbocycles. The Bertz CT molecular complexity index is 600.